The predicted octanol–water partition coefficient (Wildman–Crippen LogP) is 9.19. The Hall–Kier alpha value is -3.88. The Kier molecular flexibility index (Phi) is 9.85. The smallest absolute Gasteiger partial charge is 0.260 e. The number of hydrogen-bond acceptors (Lipinski definition) is 8. The molecule has 4 aromatic carbocycles. The fraction of sp³-hybridized carbons (Fsp3) is 0.250. The molecule has 1 saturated carbocycles. The Morgan fingerprint density at radius 3 is 2.20 bits per heavy atom. The maximum absolute atomic E-state index is 15.6. The van der Waals surface area contributed by atoms with Crippen molar-refractivity contribution in [3.63, 3.8) is 0 Å². The zero-order valence-corrected chi connectivity index (χ0v) is 35.3. The summed E-state index contributed by atoms with van der Waals surface area (Å²) >= 11 is 23.4. The van der Waals surface area contributed by atoms with Crippen LogP contribution in [0, 0.1) is 23.7 Å². The van der Waals surface area contributed by atoms with Gasteiger partial charge in [0.2, 0.25) is 11.8 Å². The van der Waals surface area contributed by atoms with Crippen LogP contribution >= 0.6 is 71.0 Å². The summed E-state index contributed by atoms with van der Waals surface area (Å²) in [5.41, 5.74) is 3.87. The van der Waals surface area contributed by atoms with E-state index in [-0.39, 0.29) is 51.3 Å². The molecule has 2 heterocycles. The first kappa shape index (κ1) is 38.0. The van der Waals surface area contributed by atoms with E-state index in [1.54, 1.807) is 66.7 Å². The number of rotatable bonds is 7. The Bertz CT molecular complexity index is 2340. The molecular formula is C40H30Br3Cl2N3O7. The van der Waals surface area contributed by atoms with Crippen LogP contribution in [-0.4, -0.2) is 48.0 Å². The summed E-state index contributed by atoms with van der Waals surface area (Å²) in [7, 11) is 2.95. The molecule has 0 radical (unpaired) electrons. The molecule has 2 saturated heterocycles. The molecule has 2 N–H and O–H groups in total. The molecule has 15 heteroatoms. The van der Waals surface area contributed by atoms with E-state index < -0.39 is 46.8 Å². The molecule has 4 aromatic rings. The molecule has 8 rings (SSSR count). The van der Waals surface area contributed by atoms with Crippen molar-refractivity contribution >= 4 is 106 Å². The van der Waals surface area contributed by atoms with Crippen molar-refractivity contribution in [3.8, 4) is 17.2 Å². The van der Waals surface area contributed by atoms with Gasteiger partial charge in [-0.1, -0.05) is 62.9 Å². The second-order valence-corrected chi connectivity index (χ2v) is 17.2. The van der Waals surface area contributed by atoms with E-state index >= 15 is 9.59 Å². The molecule has 3 fully saturated rings. The number of nitrogens with one attached hydrogen (secondary N) is 1. The van der Waals surface area contributed by atoms with E-state index in [2.05, 4.69) is 53.2 Å². The maximum Gasteiger partial charge on any atom is 0.260 e. The SMILES string of the molecule is COc1ccc([C@@]23C(=O)N(Nc4ccc(Cl)cc4Cl)C(=O)[C@@H]2C[C@@H]2C(=CC[C@@H]4C(=O)N(c5ccc(Br)cc5)C(=O)[C@@H]42)[C@@H]3c2cc(OC)c(O)c(Br)c2Br)cc1. The number of imide groups is 2. The minimum absolute atomic E-state index is 0.0772. The summed E-state index contributed by atoms with van der Waals surface area (Å²) < 4.78 is 12.6. The van der Waals surface area contributed by atoms with Gasteiger partial charge >= 0.3 is 0 Å². The van der Waals surface area contributed by atoms with Gasteiger partial charge in [-0.3, -0.25) is 29.5 Å². The number of phenols is 1. The quantitative estimate of drug-likeness (QED) is 0.139. The Morgan fingerprint density at radius 2 is 1.55 bits per heavy atom. The summed E-state index contributed by atoms with van der Waals surface area (Å²) in [6, 6.07) is 20.3. The second kappa shape index (κ2) is 14.3. The van der Waals surface area contributed by atoms with Gasteiger partial charge < -0.3 is 14.6 Å². The zero-order chi connectivity index (χ0) is 39.1. The number of allylic oxidation sites excluding steroid dienone is 2. The van der Waals surface area contributed by atoms with Gasteiger partial charge in [0.1, 0.15) is 5.75 Å². The number of carbonyl (C=O) groups excluding carboxylic acids is 4. The fourth-order valence-corrected chi connectivity index (χ4v) is 10.7. The summed E-state index contributed by atoms with van der Waals surface area (Å²) in [5, 5.41) is 12.6. The van der Waals surface area contributed by atoms with Crippen LogP contribution in [0.2, 0.25) is 10.0 Å². The summed E-state index contributed by atoms with van der Waals surface area (Å²) in [4.78, 5) is 60.6. The minimum atomic E-state index is -1.62. The van der Waals surface area contributed by atoms with Gasteiger partial charge in [0.05, 0.1) is 58.3 Å². The van der Waals surface area contributed by atoms with E-state index in [0.717, 1.165) is 15.1 Å². The summed E-state index contributed by atoms with van der Waals surface area (Å²) in [6.45, 7) is 0. The average Bonchev–Trinajstić information content (AvgIpc) is 3.56. The van der Waals surface area contributed by atoms with Crippen LogP contribution in [0.15, 0.2) is 97.9 Å². The van der Waals surface area contributed by atoms with E-state index in [1.165, 1.54) is 25.2 Å². The van der Waals surface area contributed by atoms with Crippen molar-refractivity contribution < 1.29 is 33.8 Å². The molecule has 4 aliphatic rings. The van der Waals surface area contributed by atoms with E-state index in [4.69, 9.17) is 32.7 Å². The number of halogens is 5. The van der Waals surface area contributed by atoms with Gasteiger partial charge in [0.15, 0.2) is 11.5 Å². The molecule has 4 amide bonds. The van der Waals surface area contributed by atoms with Crippen molar-refractivity contribution in [1.29, 1.82) is 0 Å². The van der Waals surface area contributed by atoms with Gasteiger partial charge in [-0.05, 0) is 122 Å². The number of anilines is 2. The highest BCUT2D eigenvalue weighted by atomic mass is 79.9. The largest absolute Gasteiger partial charge is 0.503 e. The average molecular weight is 975 g/mol. The Balaban J connectivity index is 1.37. The van der Waals surface area contributed by atoms with Crippen LogP contribution in [0.5, 0.6) is 17.2 Å². The van der Waals surface area contributed by atoms with Crippen molar-refractivity contribution in [2.75, 3.05) is 24.5 Å². The Morgan fingerprint density at radius 1 is 0.836 bits per heavy atom. The van der Waals surface area contributed by atoms with Crippen molar-refractivity contribution in [3.05, 3.63) is 119 Å². The van der Waals surface area contributed by atoms with Crippen LogP contribution in [0.3, 0.4) is 0 Å². The molecule has 0 aromatic heterocycles. The minimum Gasteiger partial charge on any atom is -0.503 e. The van der Waals surface area contributed by atoms with Crippen molar-refractivity contribution in [2.24, 2.45) is 23.7 Å². The number of fused-ring (bicyclic) bond motifs is 4. The van der Waals surface area contributed by atoms with Crippen LogP contribution in [0.4, 0.5) is 11.4 Å². The molecule has 10 nitrogen and oxygen atoms in total. The van der Waals surface area contributed by atoms with E-state index in [9.17, 15) is 14.7 Å². The first-order chi connectivity index (χ1) is 26.3. The van der Waals surface area contributed by atoms with Gasteiger partial charge in [-0.15, -0.1) is 0 Å². The number of hydrogen-bond donors (Lipinski definition) is 2. The second-order valence-electron chi connectivity index (χ2n) is 13.8. The van der Waals surface area contributed by atoms with Crippen LogP contribution in [-0.2, 0) is 24.6 Å². The molecule has 2 aliphatic heterocycles. The molecule has 0 spiro atoms. The van der Waals surface area contributed by atoms with E-state index in [1.807, 2.05) is 6.08 Å². The number of benzene rings is 4. The van der Waals surface area contributed by atoms with Gasteiger partial charge in [0.25, 0.3) is 11.8 Å². The molecular weight excluding hydrogens is 945 g/mol. The molecule has 0 bridgehead atoms. The first-order valence-corrected chi connectivity index (χ1v) is 20.3. The third-order valence-electron chi connectivity index (χ3n) is 11.4. The fourth-order valence-electron chi connectivity index (χ4n) is 9.01. The number of amides is 4. The number of phenolic OH excluding ortho intramolecular Hbond substituents is 1. The van der Waals surface area contributed by atoms with Gasteiger partial charge in [-0.2, -0.15) is 5.01 Å². The maximum atomic E-state index is 15.6. The molecule has 0 unspecified atom stereocenters. The first-order valence-electron chi connectivity index (χ1n) is 17.2. The van der Waals surface area contributed by atoms with E-state index in [0.29, 0.717) is 32.1 Å². The summed E-state index contributed by atoms with van der Waals surface area (Å²) in [5.74, 6) is -5.39. The van der Waals surface area contributed by atoms with Crippen LogP contribution < -0.4 is 19.8 Å². The number of methoxy groups -OCH3 is 2. The number of carbonyl (C=O) groups is 4. The third kappa shape index (κ3) is 5.75. The number of hydrazine groups is 1. The normalized spacial score (nSPS) is 25.7. The lowest BCUT2D eigenvalue weighted by atomic mass is 9.49. The lowest BCUT2D eigenvalue weighted by Crippen LogP contribution is -2.53. The highest BCUT2D eigenvalue weighted by Crippen LogP contribution is 2.66. The topological polar surface area (TPSA) is 125 Å². The zero-order valence-electron chi connectivity index (χ0n) is 29.0. The number of nitrogens with zero attached hydrogens (tertiary/aromatic N) is 2. The number of aromatic hydroxyl groups is 1. The lowest BCUT2D eigenvalue weighted by molar-refractivity contribution is -0.138. The van der Waals surface area contributed by atoms with Crippen LogP contribution in [0.1, 0.15) is 29.9 Å². The van der Waals surface area contributed by atoms with Crippen LogP contribution in [0.25, 0.3) is 0 Å². The van der Waals surface area contributed by atoms with Crippen molar-refractivity contribution in [1.82, 2.24) is 5.01 Å². The monoisotopic (exact) mass is 971 g/mol. The molecule has 2 aliphatic carbocycles. The third-order valence-corrected chi connectivity index (χ3v) is 14.6. The predicted molar refractivity (Wildman–Crippen MR) is 217 cm³/mol. The lowest BCUT2D eigenvalue weighted by Gasteiger charge is -2.51. The van der Waals surface area contributed by atoms with Crippen molar-refractivity contribution in [2.45, 2.75) is 24.2 Å². The Labute approximate surface area is 351 Å². The summed E-state index contributed by atoms with van der Waals surface area (Å²) in [6.07, 6.45) is 2.26. The van der Waals surface area contributed by atoms with Gasteiger partial charge in [0, 0.05) is 19.9 Å². The number of ether oxygens (including phenoxy) is 2. The molecule has 55 heavy (non-hydrogen) atoms. The molecule has 282 valence electrons. The van der Waals surface area contributed by atoms with Gasteiger partial charge in [-0.25, -0.2) is 0 Å². The molecule has 6 atom stereocenters. The highest BCUT2D eigenvalue weighted by molar-refractivity contribution is 9.13. The standard InChI is InChI=1S/C40H30Br3Cl2N3O7/c1-54-22-10-3-18(4-11-22)40-27(37(51)48(39(40)53)46-29-14-7-20(44)15-28(29)45)16-25-23(32(40)26-17-30(55-2)35(49)34(43)33(26)42)12-13-24-31(25)38(52)47(36(24)50)21-8-5-19(41)6-9-21/h3-12,14-15,17,24-25,27,31-32,46,49H,13,16H2,1-2H3/t24-,25+,27-,31-,32+,40+/m0/s1. The highest BCUT2D eigenvalue weighted by Gasteiger charge is 2.70.